The van der Waals surface area contributed by atoms with Crippen molar-refractivity contribution in [2.45, 2.75) is 23.0 Å². The van der Waals surface area contributed by atoms with E-state index in [1.807, 2.05) is 0 Å². The minimum Gasteiger partial charge on any atom is -0.223 e. The molecule has 1 aromatic carbocycles. The van der Waals surface area contributed by atoms with Gasteiger partial charge in [-0.2, -0.15) is 0 Å². The van der Waals surface area contributed by atoms with Crippen molar-refractivity contribution in [1.29, 1.82) is 0 Å². The molecule has 14 heavy (non-hydrogen) atoms. The first kappa shape index (κ1) is 10.1. The van der Waals surface area contributed by atoms with Crippen LogP contribution < -0.4 is 0 Å². The zero-order valence-electron chi connectivity index (χ0n) is 7.20. The summed E-state index contributed by atoms with van der Waals surface area (Å²) in [6.45, 7) is 0. The maximum atomic E-state index is 13.5. The summed E-state index contributed by atoms with van der Waals surface area (Å²) < 4.78 is 37.1. The Morgan fingerprint density at radius 2 is 2.00 bits per heavy atom. The SMILES string of the molecule is O=S(=O)(c1cccc(Br)c1F)C1CC1. The van der Waals surface area contributed by atoms with Gasteiger partial charge in [-0.25, -0.2) is 12.8 Å². The van der Waals surface area contributed by atoms with Crippen molar-refractivity contribution in [2.75, 3.05) is 0 Å². The van der Waals surface area contributed by atoms with E-state index in [-0.39, 0.29) is 14.6 Å². The lowest BCUT2D eigenvalue weighted by molar-refractivity contribution is 0.562. The fourth-order valence-corrected chi connectivity index (χ4v) is 3.50. The van der Waals surface area contributed by atoms with E-state index in [1.54, 1.807) is 0 Å². The molecule has 1 aliphatic carbocycles. The molecule has 1 saturated carbocycles. The molecular formula is C9H8BrFO2S. The van der Waals surface area contributed by atoms with E-state index in [1.165, 1.54) is 18.2 Å². The van der Waals surface area contributed by atoms with Gasteiger partial charge in [0.15, 0.2) is 15.7 Å². The molecule has 0 amide bonds. The number of halogens is 2. The molecule has 1 aromatic rings. The second kappa shape index (κ2) is 3.31. The van der Waals surface area contributed by atoms with Crippen LogP contribution in [0, 0.1) is 5.82 Å². The monoisotopic (exact) mass is 278 g/mol. The van der Waals surface area contributed by atoms with E-state index in [2.05, 4.69) is 15.9 Å². The van der Waals surface area contributed by atoms with Gasteiger partial charge in [0.1, 0.15) is 4.90 Å². The van der Waals surface area contributed by atoms with Gasteiger partial charge in [-0.3, -0.25) is 0 Å². The molecule has 2 rings (SSSR count). The van der Waals surface area contributed by atoms with Crippen molar-refractivity contribution in [3.8, 4) is 0 Å². The average Bonchev–Trinajstić information content (AvgIpc) is 2.92. The fourth-order valence-electron chi connectivity index (χ4n) is 1.26. The Bertz CT molecular complexity index is 466. The number of rotatable bonds is 2. The van der Waals surface area contributed by atoms with Gasteiger partial charge in [0.2, 0.25) is 0 Å². The average molecular weight is 279 g/mol. The van der Waals surface area contributed by atoms with Crippen LogP contribution in [0.25, 0.3) is 0 Å². The van der Waals surface area contributed by atoms with E-state index >= 15 is 0 Å². The predicted octanol–water partition coefficient (Wildman–Crippen LogP) is 2.52. The second-order valence-corrected chi connectivity index (χ2v) is 6.35. The third kappa shape index (κ3) is 1.59. The van der Waals surface area contributed by atoms with Gasteiger partial charge in [-0.05, 0) is 40.9 Å². The quantitative estimate of drug-likeness (QED) is 0.833. The van der Waals surface area contributed by atoms with Gasteiger partial charge >= 0.3 is 0 Å². The van der Waals surface area contributed by atoms with Crippen molar-refractivity contribution in [1.82, 2.24) is 0 Å². The Morgan fingerprint density at radius 3 is 2.57 bits per heavy atom. The lowest BCUT2D eigenvalue weighted by Crippen LogP contribution is -2.09. The van der Waals surface area contributed by atoms with Crippen molar-refractivity contribution in [3.05, 3.63) is 28.5 Å². The first-order chi connectivity index (χ1) is 6.53. The third-order valence-electron chi connectivity index (χ3n) is 2.19. The fraction of sp³-hybridized carbons (Fsp3) is 0.333. The first-order valence-electron chi connectivity index (χ1n) is 4.21. The smallest absolute Gasteiger partial charge is 0.184 e. The highest BCUT2D eigenvalue weighted by atomic mass is 79.9. The van der Waals surface area contributed by atoms with Crippen LogP contribution in [0.15, 0.2) is 27.6 Å². The molecule has 1 aliphatic rings. The van der Waals surface area contributed by atoms with Crippen molar-refractivity contribution in [2.24, 2.45) is 0 Å². The molecule has 5 heteroatoms. The van der Waals surface area contributed by atoms with Gasteiger partial charge < -0.3 is 0 Å². The normalized spacial score (nSPS) is 17.0. The molecule has 76 valence electrons. The van der Waals surface area contributed by atoms with Gasteiger partial charge in [0.25, 0.3) is 0 Å². The Kier molecular flexibility index (Phi) is 2.39. The van der Waals surface area contributed by atoms with E-state index in [4.69, 9.17) is 0 Å². The first-order valence-corrected chi connectivity index (χ1v) is 6.55. The number of hydrogen-bond acceptors (Lipinski definition) is 2. The molecule has 0 aliphatic heterocycles. The molecule has 0 atom stereocenters. The Labute approximate surface area is 90.2 Å². The van der Waals surface area contributed by atoms with Crippen molar-refractivity contribution >= 4 is 25.8 Å². The standard InChI is InChI=1S/C9H8BrFO2S/c10-7-2-1-3-8(9(7)11)14(12,13)6-4-5-6/h1-3,6H,4-5H2. The van der Waals surface area contributed by atoms with Gasteiger partial charge in [-0.1, -0.05) is 6.07 Å². The summed E-state index contributed by atoms with van der Waals surface area (Å²) >= 11 is 2.97. The topological polar surface area (TPSA) is 34.1 Å². The number of hydrogen-bond donors (Lipinski definition) is 0. The molecule has 0 spiro atoms. The van der Waals surface area contributed by atoms with Crippen LogP contribution in [0.1, 0.15) is 12.8 Å². The van der Waals surface area contributed by atoms with E-state index < -0.39 is 15.7 Å². The van der Waals surface area contributed by atoms with Crippen LogP contribution in [0.5, 0.6) is 0 Å². The molecular weight excluding hydrogens is 271 g/mol. The molecule has 0 heterocycles. The summed E-state index contributed by atoms with van der Waals surface area (Å²) in [7, 11) is -3.42. The summed E-state index contributed by atoms with van der Waals surface area (Å²) in [6.07, 6.45) is 1.29. The third-order valence-corrected chi connectivity index (χ3v) is 5.08. The summed E-state index contributed by atoms with van der Waals surface area (Å²) in [6, 6.07) is 4.33. The predicted molar refractivity (Wildman–Crippen MR) is 54.3 cm³/mol. The molecule has 2 nitrogen and oxygen atoms in total. The Hall–Kier alpha value is -0.420. The summed E-state index contributed by atoms with van der Waals surface area (Å²) in [5, 5.41) is -0.369. The lowest BCUT2D eigenvalue weighted by atomic mass is 10.3. The molecule has 0 bridgehead atoms. The van der Waals surface area contributed by atoms with E-state index in [0.29, 0.717) is 12.8 Å². The zero-order valence-corrected chi connectivity index (χ0v) is 9.61. The molecule has 0 unspecified atom stereocenters. The Morgan fingerprint density at radius 1 is 1.36 bits per heavy atom. The highest BCUT2D eigenvalue weighted by molar-refractivity contribution is 9.10. The minimum atomic E-state index is -3.42. The van der Waals surface area contributed by atoms with Crippen LogP contribution in [0.2, 0.25) is 0 Å². The number of sulfone groups is 1. The zero-order chi connectivity index (χ0) is 10.3. The molecule has 1 fully saturated rings. The maximum Gasteiger partial charge on any atom is 0.184 e. The molecule has 0 aromatic heterocycles. The maximum absolute atomic E-state index is 13.5. The molecule has 0 N–H and O–H groups in total. The van der Waals surface area contributed by atoms with E-state index in [9.17, 15) is 12.8 Å². The minimum absolute atomic E-state index is 0.186. The molecule has 0 radical (unpaired) electrons. The summed E-state index contributed by atoms with van der Waals surface area (Å²) in [5.74, 6) is -0.681. The van der Waals surface area contributed by atoms with Crippen LogP contribution in [0.4, 0.5) is 4.39 Å². The Balaban J connectivity index is 2.56. The van der Waals surface area contributed by atoms with Crippen LogP contribution >= 0.6 is 15.9 Å². The van der Waals surface area contributed by atoms with Crippen LogP contribution in [0.3, 0.4) is 0 Å². The van der Waals surface area contributed by atoms with Crippen molar-refractivity contribution in [3.63, 3.8) is 0 Å². The lowest BCUT2D eigenvalue weighted by Gasteiger charge is -2.04. The highest BCUT2D eigenvalue weighted by Gasteiger charge is 2.38. The van der Waals surface area contributed by atoms with Gasteiger partial charge in [0.05, 0.1) is 9.72 Å². The summed E-state index contributed by atoms with van der Waals surface area (Å²) in [5.41, 5.74) is 0. The highest BCUT2D eigenvalue weighted by Crippen LogP contribution is 2.35. The summed E-state index contributed by atoms with van der Waals surface area (Å²) in [4.78, 5) is -0.186. The van der Waals surface area contributed by atoms with Gasteiger partial charge in [-0.15, -0.1) is 0 Å². The van der Waals surface area contributed by atoms with Crippen molar-refractivity contribution < 1.29 is 12.8 Å². The molecule has 0 saturated heterocycles. The van der Waals surface area contributed by atoms with E-state index in [0.717, 1.165) is 0 Å². The van der Waals surface area contributed by atoms with Crippen LogP contribution in [-0.2, 0) is 9.84 Å². The number of benzene rings is 1. The van der Waals surface area contributed by atoms with Crippen LogP contribution in [-0.4, -0.2) is 13.7 Å². The second-order valence-electron chi connectivity index (χ2n) is 3.30. The largest absolute Gasteiger partial charge is 0.223 e. The van der Waals surface area contributed by atoms with Gasteiger partial charge in [0, 0.05) is 0 Å².